The molecule has 2 rings (SSSR count). The minimum Gasteiger partial charge on any atom is -0.478 e. The molecule has 1 saturated heterocycles. The van der Waals surface area contributed by atoms with Gasteiger partial charge in [-0.1, -0.05) is 0 Å². The van der Waals surface area contributed by atoms with Gasteiger partial charge in [0.25, 0.3) is 5.91 Å². The molecule has 1 aromatic carbocycles. The van der Waals surface area contributed by atoms with Crippen molar-refractivity contribution < 1.29 is 24.2 Å². The van der Waals surface area contributed by atoms with E-state index in [-0.39, 0.29) is 23.5 Å². The number of nitrogens with zero attached hydrogens (tertiary/aromatic N) is 1. The largest absolute Gasteiger partial charge is 0.478 e. The van der Waals surface area contributed by atoms with Crippen molar-refractivity contribution in [2.45, 2.75) is 52.1 Å². The van der Waals surface area contributed by atoms with Crippen LogP contribution in [0.15, 0.2) is 18.2 Å². The summed E-state index contributed by atoms with van der Waals surface area (Å²) < 4.78 is 5.40. The number of carboxylic acids is 1. The number of hydrogen-bond donors (Lipinski definition) is 2. The van der Waals surface area contributed by atoms with E-state index in [0.29, 0.717) is 38.0 Å². The highest BCUT2D eigenvalue weighted by molar-refractivity contribution is 5.97. The first-order valence-electron chi connectivity index (χ1n) is 9.25. The van der Waals surface area contributed by atoms with Crippen LogP contribution in [0, 0.1) is 0 Å². The number of nitrogens with one attached hydrogen (secondary N) is 1. The van der Waals surface area contributed by atoms with Gasteiger partial charge in [0.15, 0.2) is 0 Å². The summed E-state index contributed by atoms with van der Waals surface area (Å²) in [5.74, 6) is -1.25. The zero-order chi connectivity index (χ0) is 20.2. The Kier molecular flexibility index (Phi) is 6.46. The molecule has 2 N–H and O–H groups in total. The van der Waals surface area contributed by atoms with Gasteiger partial charge < -0.3 is 20.1 Å². The molecule has 0 unspecified atom stereocenters. The molecule has 148 valence electrons. The highest BCUT2D eigenvalue weighted by Gasteiger charge is 2.28. The topological polar surface area (TPSA) is 95.9 Å². The average molecular weight is 376 g/mol. The number of carboxylic acid groups (broad SMARTS) is 1. The first-order chi connectivity index (χ1) is 12.6. The molecule has 7 heteroatoms. The predicted molar refractivity (Wildman–Crippen MR) is 101 cm³/mol. The minimum absolute atomic E-state index is 0.0937. The van der Waals surface area contributed by atoms with E-state index in [4.69, 9.17) is 4.74 Å². The molecule has 1 heterocycles. The molecule has 0 atom stereocenters. The van der Waals surface area contributed by atoms with Gasteiger partial charge in [0.05, 0.1) is 5.56 Å². The summed E-state index contributed by atoms with van der Waals surface area (Å²) in [6.07, 6.45) is 1.05. The van der Waals surface area contributed by atoms with Gasteiger partial charge in [0.1, 0.15) is 5.60 Å². The third kappa shape index (κ3) is 5.70. The van der Waals surface area contributed by atoms with Gasteiger partial charge in [-0.2, -0.15) is 0 Å². The first-order valence-corrected chi connectivity index (χ1v) is 9.25. The Morgan fingerprint density at radius 1 is 1.15 bits per heavy atom. The fraction of sp³-hybridized carbons (Fsp3) is 0.550. The second kappa shape index (κ2) is 8.41. The van der Waals surface area contributed by atoms with Crippen LogP contribution in [0.4, 0.5) is 4.79 Å². The van der Waals surface area contributed by atoms with Crippen molar-refractivity contribution in [1.29, 1.82) is 0 Å². The van der Waals surface area contributed by atoms with E-state index in [1.165, 1.54) is 6.07 Å². The Hall–Kier alpha value is -2.57. The molecule has 1 fully saturated rings. The molecule has 0 aromatic heterocycles. The smallest absolute Gasteiger partial charge is 0.410 e. The molecular weight excluding hydrogens is 348 g/mol. The van der Waals surface area contributed by atoms with Crippen LogP contribution in [-0.4, -0.2) is 53.2 Å². The third-order valence-electron chi connectivity index (χ3n) is 4.42. The molecule has 0 bridgehead atoms. The van der Waals surface area contributed by atoms with E-state index in [2.05, 4.69) is 5.32 Å². The molecule has 7 nitrogen and oxygen atoms in total. The van der Waals surface area contributed by atoms with Gasteiger partial charge in [0.2, 0.25) is 0 Å². The van der Waals surface area contributed by atoms with Crippen molar-refractivity contribution in [2.75, 3.05) is 19.6 Å². The highest BCUT2D eigenvalue weighted by Crippen LogP contribution is 2.30. The average Bonchev–Trinajstić information content (AvgIpc) is 2.60. The number of hydrogen-bond acceptors (Lipinski definition) is 4. The zero-order valence-electron chi connectivity index (χ0n) is 16.4. The summed E-state index contributed by atoms with van der Waals surface area (Å²) in [4.78, 5) is 37.5. The van der Waals surface area contributed by atoms with Crippen molar-refractivity contribution in [3.63, 3.8) is 0 Å². The molecule has 0 aliphatic carbocycles. The van der Waals surface area contributed by atoms with E-state index in [0.717, 1.165) is 5.56 Å². The maximum absolute atomic E-state index is 12.2. The fourth-order valence-corrected chi connectivity index (χ4v) is 3.13. The number of aromatic carboxylic acids is 1. The Labute approximate surface area is 159 Å². The standard InChI is InChI=1S/C20H28N2O5/c1-5-21-17(23)15-10-14(11-16(12-15)18(24)25)13-6-8-22(9-7-13)19(26)27-20(2,3)4/h10-13H,5-9H2,1-4H3,(H,21,23)(H,24,25). The van der Waals surface area contributed by atoms with E-state index >= 15 is 0 Å². The van der Waals surface area contributed by atoms with Gasteiger partial charge >= 0.3 is 12.1 Å². The number of amides is 2. The molecule has 1 aromatic rings. The zero-order valence-corrected chi connectivity index (χ0v) is 16.4. The number of piperidine rings is 1. The number of benzene rings is 1. The Morgan fingerprint density at radius 3 is 2.26 bits per heavy atom. The van der Waals surface area contributed by atoms with Crippen LogP contribution < -0.4 is 5.32 Å². The van der Waals surface area contributed by atoms with Crippen LogP contribution in [0.25, 0.3) is 0 Å². The molecule has 0 saturated carbocycles. The van der Waals surface area contributed by atoms with Crippen molar-refractivity contribution in [1.82, 2.24) is 10.2 Å². The van der Waals surface area contributed by atoms with Crippen LogP contribution in [0.3, 0.4) is 0 Å². The Morgan fingerprint density at radius 2 is 1.74 bits per heavy atom. The Balaban J connectivity index is 2.14. The minimum atomic E-state index is -1.06. The number of likely N-dealkylation sites (tertiary alicyclic amines) is 1. The maximum Gasteiger partial charge on any atom is 0.410 e. The van der Waals surface area contributed by atoms with Crippen LogP contribution in [0.2, 0.25) is 0 Å². The number of carbonyl (C=O) groups is 3. The lowest BCUT2D eigenvalue weighted by Crippen LogP contribution is -2.41. The van der Waals surface area contributed by atoms with Crippen LogP contribution in [0.1, 0.15) is 72.7 Å². The number of ether oxygens (including phenoxy) is 1. The molecule has 1 aliphatic rings. The van der Waals surface area contributed by atoms with E-state index < -0.39 is 11.6 Å². The van der Waals surface area contributed by atoms with Crippen molar-refractivity contribution in [3.8, 4) is 0 Å². The lowest BCUT2D eigenvalue weighted by Gasteiger charge is -2.33. The summed E-state index contributed by atoms with van der Waals surface area (Å²) >= 11 is 0. The van der Waals surface area contributed by atoms with Gasteiger partial charge in [0, 0.05) is 25.2 Å². The van der Waals surface area contributed by atoms with Crippen molar-refractivity contribution in [3.05, 3.63) is 34.9 Å². The van der Waals surface area contributed by atoms with Gasteiger partial charge in [-0.05, 0) is 70.2 Å². The van der Waals surface area contributed by atoms with Crippen LogP contribution in [-0.2, 0) is 4.74 Å². The van der Waals surface area contributed by atoms with Crippen molar-refractivity contribution >= 4 is 18.0 Å². The van der Waals surface area contributed by atoms with E-state index in [1.807, 2.05) is 27.7 Å². The highest BCUT2D eigenvalue weighted by atomic mass is 16.6. The molecule has 0 spiro atoms. The normalized spacial score (nSPS) is 15.3. The second-order valence-electron chi connectivity index (χ2n) is 7.75. The SMILES string of the molecule is CCNC(=O)c1cc(C(=O)O)cc(C2CCN(C(=O)OC(C)(C)C)CC2)c1. The van der Waals surface area contributed by atoms with E-state index in [9.17, 15) is 19.5 Å². The summed E-state index contributed by atoms with van der Waals surface area (Å²) in [5, 5.41) is 12.1. The van der Waals surface area contributed by atoms with Gasteiger partial charge in [-0.25, -0.2) is 9.59 Å². The molecule has 1 aliphatic heterocycles. The second-order valence-corrected chi connectivity index (χ2v) is 7.75. The lowest BCUT2D eigenvalue weighted by molar-refractivity contribution is 0.0204. The predicted octanol–water partition coefficient (Wildman–Crippen LogP) is 3.25. The van der Waals surface area contributed by atoms with Gasteiger partial charge in [-0.3, -0.25) is 4.79 Å². The summed E-state index contributed by atoms with van der Waals surface area (Å²) in [5.41, 5.74) is 0.732. The lowest BCUT2D eigenvalue weighted by atomic mass is 9.87. The number of rotatable bonds is 4. The van der Waals surface area contributed by atoms with Gasteiger partial charge in [-0.15, -0.1) is 0 Å². The van der Waals surface area contributed by atoms with Crippen molar-refractivity contribution in [2.24, 2.45) is 0 Å². The first kappa shape index (κ1) is 20.7. The molecule has 0 radical (unpaired) electrons. The van der Waals surface area contributed by atoms with Crippen LogP contribution >= 0.6 is 0 Å². The molecule has 27 heavy (non-hydrogen) atoms. The third-order valence-corrected chi connectivity index (χ3v) is 4.42. The van der Waals surface area contributed by atoms with Crippen LogP contribution in [0.5, 0.6) is 0 Å². The van der Waals surface area contributed by atoms with E-state index in [1.54, 1.807) is 17.0 Å². The molecule has 2 amide bonds. The number of carbonyl (C=O) groups excluding carboxylic acids is 2. The monoisotopic (exact) mass is 376 g/mol. The summed E-state index contributed by atoms with van der Waals surface area (Å²) in [6.45, 7) is 8.85. The molecular formula is C20H28N2O5. The maximum atomic E-state index is 12.2. The Bertz CT molecular complexity index is 716. The fourth-order valence-electron chi connectivity index (χ4n) is 3.13. The quantitative estimate of drug-likeness (QED) is 0.841. The summed E-state index contributed by atoms with van der Waals surface area (Å²) in [6, 6.07) is 4.77. The summed E-state index contributed by atoms with van der Waals surface area (Å²) in [7, 11) is 0.